The molecule has 1 heterocycles. The summed E-state index contributed by atoms with van der Waals surface area (Å²) >= 11 is 0. The summed E-state index contributed by atoms with van der Waals surface area (Å²) in [6, 6.07) is 51.8. The number of benzene rings is 6. The van der Waals surface area contributed by atoms with Crippen molar-refractivity contribution < 1.29 is 4.42 Å². The van der Waals surface area contributed by atoms with Crippen LogP contribution in [0.15, 0.2) is 144 Å². The van der Waals surface area contributed by atoms with E-state index >= 15 is 0 Å². The molecule has 5 aliphatic carbocycles. The minimum Gasteiger partial charge on any atom is -0.456 e. The molecule has 232 valence electrons. The van der Waals surface area contributed by atoms with Gasteiger partial charge in [-0.1, -0.05) is 97.1 Å². The Kier molecular flexibility index (Phi) is 5.59. The Morgan fingerprint density at radius 1 is 0.500 bits per heavy atom. The fourth-order valence-corrected chi connectivity index (χ4v) is 11.1. The Morgan fingerprint density at radius 3 is 1.96 bits per heavy atom. The van der Waals surface area contributed by atoms with Crippen molar-refractivity contribution in [3.8, 4) is 22.3 Å². The molecule has 48 heavy (non-hydrogen) atoms. The van der Waals surface area contributed by atoms with Gasteiger partial charge in [0.1, 0.15) is 11.2 Å². The minimum absolute atomic E-state index is 0.0601. The molecule has 0 atom stereocenters. The SMILES string of the molecule is c1ccc(-c2ccc(N(c3ccc4oc5ccccc5c4c3)c3cccc4c3C3(c5ccccc5-4)C4CC5CC(C4)CC3C5)cc2)cc1. The Hall–Kier alpha value is -5.08. The fraction of sp³-hybridized carbons (Fsp3) is 0.217. The van der Waals surface area contributed by atoms with Crippen molar-refractivity contribution in [2.75, 3.05) is 4.90 Å². The van der Waals surface area contributed by atoms with E-state index in [0.29, 0.717) is 11.8 Å². The highest BCUT2D eigenvalue weighted by Crippen LogP contribution is 2.71. The molecular formula is C46H37NO. The van der Waals surface area contributed by atoms with Gasteiger partial charge in [-0.15, -0.1) is 0 Å². The van der Waals surface area contributed by atoms with Crippen molar-refractivity contribution in [1.29, 1.82) is 0 Å². The number of furan rings is 1. The second-order valence-corrected chi connectivity index (χ2v) is 14.9. The topological polar surface area (TPSA) is 16.4 Å². The first-order valence-corrected chi connectivity index (χ1v) is 17.9. The lowest BCUT2D eigenvalue weighted by Crippen LogP contribution is -2.55. The smallest absolute Gasteiger partial charge is 0.135 e. The van der Waals surface area contributed by atoms with Crippen LogP contribution in [-0.2, 0) is 5.41 Å². The van der Waals surface area contributed by atoms with Crippen LogP contribution in [0.2, 0.25) is 0 Å². The molecule has 5 aliphatic rings. The molecule has 4 saturated carbocycles. The number of nitrogens with zero attached hydrogens (tertiary/aromatic N) is 1. The standard InChI is InChI=1S/C46H37NO/c1-2-9-31(10-3-1)32-17-19-35(20-18-32)47(36-21-22-44-40(28-36)38-12-5-7-16-43(38)48-44)42-15-8-13-39-37-11-4-6-14-41(37)46(45(39)42)33-24-29-23-30(26-33)27-34(46)25-29/h1-22,28-30,33-34H,23-27H2. The highest BCUT2D eigenvalue weighted by Gasteiger charge is 2.62. The normalized spacial score (nSPS) is 24.8. The lowest BCUT2D eigenvalue weighted by Gasteiger charge is -2.61. The van der Waals surface area contributed by atoms with E-state index in [1.807, 2.05) is 0 Å². The van der Waals surface area contributed by atoms with Gasteiger partial charge in [0, 0.05) is 27.6 Å². The summed E-state index contributed by atoms with van der Waals surface area (Å²) < 4.78 is 6.32. The van der Waals surface area contributed by atoms with Gasteiger partial charge in [-0.25, -0.2) is 0 Å². The van der Waals surface area contributed by atoms with Crippen LogP contribution in [0.1, 0.15) is 43.2 Å². The monoisotopic (exact) mass is 619 g/mol. The molecule has 1 spiro atoms. The van der Waals surface area contributed by atoms with Gasteiger partial charge in [-0.05, 0) is 132 Å². The van der Waals surface area contributed by atoms with E-state index in [1.54, 1.807) is 11.1 Å². The maximum absolute atomic E-state index is 6.32. The molecule has 4 fully saturated rings. The Labute approximate surface area is 281 Å². The van der Waals surface area contributed by atoms with Gasteiger partial charge in [0.2, 0.25) is 0 Å². The largest absolute Gasteiger partial charge is 0.456 e. The summed E-state index contributed by atoms with van der Waals surface area (Å²) in [7, 11) is 0. The molecule has 7 aromatic rings. The van der Waals surface area contributed by atoms with Crippen molar-refractivity contribution in [2.45, 2.75) is 37.5 Å². The van der Waals surface area contributed by atoms with E-state index in [2.05, 4.69) is 144 Å². The predicted molar refractivity (Wildman–Crippen MR) is 197 cm³/mol. The molecule has 4 bridgehead atoms. The van der Waals surface area contributed by atoms with Gasteiger partial charge in [-0.2, -0.15) is 0 Å². The maximum atomic E-state index is 6.32. The molecular weight excluding hydrogens is 583 g/mol. The summed E-state index contributed by atoms with van der Waals surface area (Å²) in [4.78, 5) is 2.56. The van der Waals surface area contributed by atoms with Crippen LogP contribution in [0.25, 0.3) is 44.2 Å². The third-order valence-electron chi connectivity index (χ3n) is 12.6. The van der Waals surface area contributed by atoms with Gasteiger partial charge >= 0.3 is 0 Å². The Balaban J connectivity index is 1.17. The van der Waals surface area contributed by atoms with Gasteiger partial charge in [0.15, 0.2) is 0 Å². The Bertz CT molecular complexity index is 2340. The zero-order valence-electron chi connectivity index (χ0n) is 27.0. The van der Waals surface area contributed by atoms with Crippen molar-refractivity contribution in [3.63, 3.8) is 0 Å². The number of hydrogen-bond donors (Lipinski definition) is 0. The molecule has 2 nitrogen and oxygen atoms in total. The van der Waals surface area contributed by atoms with Crippen LogP contribution in [0.5, 0.6) is 0 Å². The summed E-state index contributed by atoms with van der Waals surface area (Å²) in [6.07, 6.45) is 6.93. The first-order chi connectivity index (χ1) is 23.8. The van der Waals surface area contributed by atoms with Crippen LogP contribution < -0.4 is 4.90 Å². The molecule has 1 aromatic heterocycles. The Morgan fingerprint density at radius 2 is 1.15 bits per heavy atom. The van der Waals surface area contributed by atoms with Crippen LogP contribution in [0, 0.1) is 23.7 Å². The lowest BCUT2D eigenvalue weighted by atomic mass is 9.43. The maximum Gasteiger partial charge on any atom is 0.135 e. The van der Waals surface area contributed by atoms with Gasteiger partial charge in [0.25, 0.3) is 0 Å². The molecule has 2 heteroatoms. The van der Waals surface area contributed by atoms with E-state index in [1.165, 1.54) is 71.4 Å². The number of rotatable bonds is 4. The van der Waals surface area contributed by atoms with Crippen LogP contribution in [0.3, 0.4) is 0 Å². The molecule has 0 N–H and O–H groups in total. The van der Waals surface area contributed by atoms with Crippen molar-refractivity contribution in [3.05, 3.63) is 151 Å². The number of hydrogen-bond acceptors (Lipinski definition) is 2. The molecule has 0 saturated heterocycles. The average Bonchev–Trinajstić information content (AvgIpc) is 3.65. The van der Waals surface area contributed by atoms with Gasteiger partial charge in [-0.3, -0.25) is 0 Å². The highest BCUT2D eigenvalue weighted by atomic mass is 16.3. The first-order valence-electron chi connectivity index (χ1n) is 17.9. The quantitative estimate of drug-likeness (QED) is 0.195. The van der Waals surface area contributed by atoms with Crippen LogP contribution in [0.4, 0.5) is 17.1 Å². The van der Waals surface area contributed by atoms with E-state index in [9.17, 15) is 0 Å². The minimum atomic E-state index is 0.0601. The van der Waals surface area contributed by atoms with Gasteiger partial charge in [0.05, 0.1) is 5.69 Å². The van der Waals surface area contributed by atoms with E-state index in [4.69, 9.17) is 4.42 Å². The third-order valence-corrected chi connectivity index (χ3v) is 12.6. The fourth-order valence-electron chi connectivity index (χ4n) is 11.1. The van der Waals surface area contributed by atoms with Crippen molar-refractivity contribution in [1.82, 2.24) is 0 Å². The molecule has 0 amide bonds. The molecule has 6 aromatic carbocycles. The van der Waals surface area contributed by atoms with Crippen molar-refractivity contribution >= 4 is 39.0 Å². The summed E-state index contributed by atoms with van der Waals surface area (Å²) in [5.74, 6) is 3.19. The van der Waals surface area contributed by atoms with E-state index < -0.39 is 0 Å². The average molecular weight is 620 g/mol. The summed E-state index contributed by atoms with van der Waals surface area (Å²) in [6.45, 7) is 0. The highest BCUT2D eigenvalue weighted by molar-refractivity contribution is 6.06. The molecule has 0 aliphatic heterocycles. The summed E-state index contributed by atoms with van der Waals surface area (Å²) in [5.41, 5.74) is 14.2. The van der Waals surface area contributed by atoms with Crippen LogP contribution >= 0.6 is 0 Å². The second-order valence-electron chi connectivity index (χ2n) is 14.9. The van der Waals surface area contributed by atoms with Crippen LogP contribution in [-0.4, -0.2) is 0 Å². The lowest BCUT2D eigenvalue weighted by molar-refractivity contribution is -0.0397. The van der Waals surface area contributed by atoms with Gasteiger partial charge < -0.3 is 9.32 Å². The second kappa shape index (κ2) is 9.97. The first kappa shape index (κ1) is 26.9. The molecule has 12 rings (SSSR count). The van der Waals surface area contributed by atoms with Crippen molar-refractivity contribution in [2.24, 2.45) is 23.7 Å². The van der Waals surface area contributed by atoms with E-state index in [0.717, 1.165) is 33.8 Å². The zero-order chi connectivity index (χ0) is 31.4. The zero-order valence-corrected chi connectivity index (χ0v) is 27.0. The molecule has 0 unspecified atom stereocenters. The summed E-state index contributed by atoms with van der Waals surface area (Å²) in [5, 5.41) is 2.33. The number of para-hydroxylation sites is 1. The molecule has 0 radical (unpaired) electrons. The number of fused-ring (bicyclic) bond motifs is 6. The van der Waals surface area contributed by atoms with E-state index in [-0.39, 0.29) is 5.41 Å². The third kappa shape index (κ3) is 3.64. The predicted octanol–water partition coefficient (Wildman–Crippen LogP) is 12.4. The number of anilines is 3.